The molecule has 6 aromatic carbocycles. The van der Waals surface area contributed by atoms with Crippen molar-refractivity contribution in [3.63, 3.8) is 0 Å². The molecule has 1 amide bonds. The van der Waals surface area contributed by atoms with Gasteiger partial charge in [-0.05, 0) is 45.5 Å². The lowest BCUT2D eigenvalue weighted by molar-refractivity contribution is -0.272. The number of carbonyl (C=O) groups excluding carboxylic acids is 2. The fourth-order valence-corrected chi connectivity index (χ4v) is 7.84. The molecule has 2 fully saturated rings. The third-order valence-electron chi connectivity index (χ3n) is 11.1. The number of β-lactam (4-membered cyclic amide) rings is 1. The lowest BCUT2D eigenvalue weighted by atomic mass is 9.89. The zero-order valence-electron chi connectivity index (χ0n) is 41.7. The zero-order chi connectivity index (χ0) is 49.6. The van der Waals surface area contributed by atoms with Gasteiger partial charge >= 0.3 is 5.97 Å². The summed E-state index contributed by atoms with van der Waals surface area (Å²) in [6, 6.07) is 59.3. The second-order valence-corrected chi connectivity index (χ2v) is 15.5. The van der Waals surface area contributed by atoms with E-state index in [9.17, 15) is 9.59 Å². The minimum absolute atomic E-state index is 0.00580. The quantitative estimate of drug-likeness (QED) is 0.0478. The normalized spacial score (nSPS) is 18.9. The van der Waals surface area contributed by atoms with Gasteiger partial charge in [-0.2, -0.15) is 0 Å². The van der Waals surface area contributed by atoms with Gasteiger partial charge in [-0.15, -0.1) is 0 Å². The number of hydrogen-bond donors (Lipinski definition) is 0. The second kappa shape index (κ2) is 31.8. The van der Waals surface area contributed by atoms with E-state index in [1.165, 1.54) is 7.11 Å². The average molecular weight is 936 g/mol. The van der Waals surface area contributed by atoms with E-state index in [1.807, 2.05) is 150 Å². The predicted octanol–water partition coefficient (Wildman–Crippen LogP) is 12.9. The lowest BCUT2D eigenvalue weighted by Crippen LogP contribution is -2.61. The van der Waals surface area contributed by atoms with Crippen LogP contribution in [0.2, 0.25) is 0 Å². The van der Waals surface area contributed by atoms with E-state index in [4.69, 9.17) is 23.7 Å². The number of nitrogens with zero attached hydrogens (tertiary/aromatic N) is 1. The molecule has 0 unspecified atom stereocenters. The minimum atomic E-state index is -0.496. The largest absolute Gasteiger partial charge is 0.466 e. The third kappa shape index (κ3) is 17.4. The Morgan fingerprint density at radius 1 is 0.551 bits per heavy atom. The highest BCUT2D eigenvalue weighted by Gasteiger charge is 2.48. The van der Waals surface area contributed by atoms with Gasteiger partial charge in [-0.1, -0.05) is 212 Å². The van der Waals surface area contributed by atoms with Gasteiger partial charge in [0, 0.05) is 18.2 Å². The Morgan fingerprint density at radius 3 is 1.36 bits per heavy atom. The molecule has 0 N–H and O–H groups in total. The molecule has 0 saturated carbocycles. The van der Waals surface area contributed by atoms with Gasteiger partial charge in [-0.25, -0.2) is 4.79 Å². The summed E-state index contributed by atoms with van der Waals surface area (Å²) in [5.41, 5.74) is 7.41. The van der Waals surface area contributed by atoms with Crippen LogP contribution in [0.4, 0.5) is 5.69 Å². The van der Waals surface area contributed by atoms with Crippen molar-refractivity contribution in [3.05, 3.63) is 222 Å². The minimum Gasteiger partial charge on any atom is -0.466 e. The molecule has 0 bridgehead atoms. The summed E-state index contributed by atoms with van der Waals surface area (Å²) in [5, 5.41) is 0. The van der Waals surface area contributed by atoms with E-state index in [0.29, 0.717) is 45.9 Å². The zero-order valence-corrected chi connectivity index (χ0v) is 41.7. The van der Waals surface area contributed by atoms with Crippen LogP contribution in [0.3, 0.4) is 0 Å². The van der Waals surface area contributed by atoms with Gasteiger partial charge < -0.3 is 33.3 Å². The average Bonchev–Trinajstić information content (AvgIpc) is 3.42. The summed E-state index contributed by atoms with van der Waals surface area (Å²) in [4.78, 5) is 24.4. The first-order valence-electron chi connectivity index (χ1n) is 24.4. The molecule has 6 aromatic rings. The summed E-state index contributed by atoms with van der Waals surface area (Å²) >= 11 is 0. The predicted molar refractivity (Wildman–Crippen MR) is 278 cm³/mol. The molecule has 69 heavy (non-hydrogen) atoms. The maximum Gasteiger partial charge on any atom is 0.329 e. The van der Waals surface area contributed by atoms with Gasteiger partial charge in [0.1, 0.15) is 24.4 Å². The summed E-state index contributed by atoms with van der Waals surface area (Å²) in [5.74, 6) is -0.259. The standard InChI is InChI=1S/C50H49NO6.C4H6O2.3C2H6/c52-47-31-44(51(47)43-24-14-5-15-25-43)42-28-26-37(27-29-42)30-45-48(54-33-39-18-8-2-9-19-39)50(56-35-41-22-12-4-13-23-41)49(55-34-40-20-10-3-11-21-40)46(57-45)36-53-32-38-16-6-1-7-17-38;1-3-4(5)6-2;3*1-2/h1-29,44-46,48-50H,30-36H2;3H,1H2,2H3;3*1-2H3/t44-,45-,46+,48-,49+,50+;;;;/m0..../s1. The number of anilines is 1. The lowest BCUT2D eigenvalue weighted by Gasteiger charge is -2.46. The van der Waals surface area contributed by atoms with Crippen LogP contribution >= 0.6 is 0 Å². The SMILES string of the molecule is C=CC(=O)OC.CC.CC.CC.O=C1C[C@@H](c2ccc(C[C@@H]3O[C@H](COCc4ccccc4)[C@@H](OCc4ccccc4)[C@H](OCc4ccccc4)[C@H]3OCc3ccccc3)cc2)N1c1ccccc1. The van der Waals surface area contributed by atoms with Crippen LogP contribution in [-0.2, 0) is 70.9 Å². The number of amides is 1. The second-order valence-electron chi connectivity index (χ2n) is 15.5. The van der Waals surface area contributed by atoms with E-state index >= 15 is 0 Å². The summed E-state index contributed by atoms with van der Waals surface area (Å²) in [6.45, 7) is 17.1. The number of carbonyl (C=O) groups is 2. The molecule has 2 aliphatic heterocycles. The number of rotatable bonds is 18. The van der Waals surface area contributed by atoms with Crippen molar-refractivity contribution in [1.82, 2.24) is 0 Å². The smallest absolute Gasteiger partial charge is 0.329 e. The highest BCUT2D eigenvalue weighted by molar-refractivity contribution is 6.01. The Kier molecular flexibility index (Phi) is 25.5. The first-order valence-corrected chi connectivity index (χ1v) is 24.4. The van der Waals surface area contributed by atoms with E-state index in [0.717, 1.165) is 45.1 Å². The number of para-hydroxylation sites is 1. The molecule has 6 atom stereocenters. The van der Waals surface area contributed by atoms with Gasteiger partial charge in [0.05, 0.1) is 58.7 Å². The fourth-order valence-electron chi connectivity index (χ4n) is 7.84. The number of ether oxygens (including phenoxy) is 6. The number of methoxy groups -OCH3 is 1. The summed E-state index contributed by atoms with van der Waals surface area (Å²) in [6.07, 6.45) is -0.0986. The summed E-state index contributed by atoms with van der Waals surface area (Å²) < 4.78 is 38.3. The topological polar surface area (TPSA) is 92.8 Å². The van der Waals surface area contributed by atoms with E-state index in [2.05, 4.69) is 84.1 Å². The number of benzene rings is 6. The molecule has 9 nitrogen and oxygen atoms in total. The van der Waals surface area contributed by atoms with E-state index < -0.39 is 30.4 Å². The Labute approximate surface area is 412 Å². The van der Waals surface area contributed by atoms with Crippen molar-refractivity contribution >= 4 is 17.6 Å². The van der Waals surface area contributed by atoms with Crippen molar-refractivity contribution in [2.24, 2.45) is 0 Å². The Hall–Kier alpha value is -6.20. The van der Waals surface area contributed by atoms with Crippen LogP contribution < -0.4 is 4.90 Å². The van der Waals surface area contributed by atoms with E-state index in [1.54, 1.807) is 0 Å². The molecule has 0 aliphatic carbocycles. The van der Waals surface area contributed by atoms with Gasteiger partial charge in [0.15, 0.2) is 0 Å². The Balaban J connectivity index is 0.000000786. The molecular formula is C60H73NO8. The van der Waals surface area contributed by atoms with Gasteiger partial charge in [0.2, 0.25) is 5.91 Å². The maximum absolute atomic E-state index is 12.7. The van der Waals surface area contributed by atoms with Crippen molar-refractivity contribution < 1.29 is 38.0 Å². The summed E-state index contributed by atoms with van der Waals surface area (Å²) in [7, 11) is 1.31. The van der Waals surface area contributed by atoms with Crippen LogP contribution in [0, 0.1) is 0 Å². The molecule has 0 radical (unpaired) electrons. The first kappa shape index (κ1) is 55.4. The fraction of sp³-hybridized carbons (Fsp3) is 0.333. The van der Waals surface area contributed by atoms with Gasteiger partial charge in [0.25, 0.3) is 0 Å². The number of hydrogen-bond acceptors (Lipinski definition) is 8. The number of esters is 1. The molecule has 0 aromatic heterocycles. The molecule has 366 valence electrons. The van der Waals surface area contributed by atoms with Crippen molar-refractivity contribution in [3.8, 4) is 0 Å². The van der Waals surface area contributed by atoms with Crippen LogP contribution in [-0.4, -0.2) is 56.1 Å². The highest BCUT2D eigenvalue weighted by atomic mass is 16.6. The monoisotopic (exact) mass is 936 g/mol. The van der Waals surface area contributed by atoms with Crippen LogP contribution in [0.1, 0.15) is 87.4 Å². The third-order valence-corrected chi connectivity index (χ3v) is 11.1. The van der Waals surface area contributed by atoms with Crippen molar-refractivity contribution in [1.29, 1.82) is 0 Å². The molecule has 2 aliphatic rings. The van der Waals surface area contributed by atoms with Crippen LogP contribution in [0.15, 0.2) is 189 Å². The van der Waals surface area contributed by atoms with Crippen molar-refractivity contribution in [2.75, 3.05) is 18.6 Å². The van der Waals surface area contributed by atoms with Crippen LogP contribution in [0.25, 0.3) is 0 Å². The molecule has 8 rings (SSSR count). The molecule has 9 heteroatoms. The van der Waals surface area contributed by atoms with Gasteiger partial charge in [-0.3, -0.25) is 4.79 Å². The van der Waals surface area contributed by atoms with E-state index in [-0.39, 0.29) is 18.1 Å². The first-order chi connectivity index (χ1) is 34.0. The molecule has 2 heterocycles. The Morgan fingerprint density at radius 2 is 0.957 bits per heavy atom. The molecule has 2 saturated heterocycles. The highest BCUT2D eigenvalue weighted by Crippen LogP contribution is 2.39. The van der Waals surface area contributed by atoms with Crippen molar-refractivity contribution in [2.45, 2.75) is 117 Å². The Bertz CT molecular complexity index is 2280. The maximum atomic E-state index is 12.7. The van der Waals surface area contributed by atoms with Crippen LogP contribution in [0.5, 0.6) is 0 Å². The molecule has 0 spiro atoms. The molecular weight excluding hydrogens is 863 g/mol.